The largest absolute Gasteiger partial charge is 0.428 e. The van der Waals surface area contributed by atoms with Gasteiger partial charge in [-0.3, -0.25) is 0 Å². The third-order valence-electron chi connectivity index (χ3n) is 3.17. The Kier molecular flexibility index (Phi) is 7.69. The summed E-state index contributed by atoms with van der Waals surface area (Å²) in [7, 11) is 0. The smallest absolute Gasteiger partial charge is 0.333 e. The second kappa shape index (κ2) is 10.6. The zero-order valence-corrected chi connectivity index (χ0v) is 13.7. The number of rotatable bonds is 7. The SMILES string of the molecule is O=C1C=C(/C=C/C=C/C=C/C=C/C=C/C=C/c2ccccc2)C(O)O1. The van der Waals surface area contributed by atoms with Crippen LogP contribution >= 0.6 is 0 Å². The maximum Gasteiger partial charge on any atom is 0.333 e. The van der Waals surface area contributed by atoms with Gasteiger partial charge >= 0.3 is 5.97 Å². The van der Waals surface area contributed by atoms with Gasteiger partial charge in [-0.2, -0.15) is 0 Å². The molecule has 1 aromatic rings. The molecule has 2 rings (SSSR count). The Hall–Kier alpha value is -3.17. The zero-order chi connectivity index (χ0) is 17.7. The number of aliphatic hydroxyl groups is 1. The Morgan fingerprint density at radius 1 is 0.760 bits per heavy atom. The maximum atomic E-state index is 10.9. The molecule has 1 aliphatic heterocycles. The van der Waals surface area contributed by atoms with E-state index in [1.165, 1.54) is 11.6 Å². The van der Waals surface area contributed by atoms with E-state index in [4.69, 9.17) is 0 Å². The van der Waals surface area contributed by atoms with E-state index in [0.29, 0.717) is 5.57 Å². The van der Waals surface area contributed by atoms with Crippen molar-refractivity contribution in [3.05, 3.63) is 114 Å². The van der Waals surface area contributed by atoms with Crippen molar-refractivity contribution in [2.75, 3.05) is 0 Å². The number of carbonyl (C=O) groups excluding carboxylic acids is 1. The Morgan fingerprint density at radius 2 is 1.28 bits per heavy atom. The molecule has 126 valence electrons. The first-order chi connectivity index (χ1) is 12.3. The molecule has 0 saturated heterocycles. The van der Waals surface area contributed by atoms with Crippen LogP contribution in [0.4, 0.5) is 0 Å². The molecule has 0 aliphatic carbocycles. The van der Waals surface area contributed by atoms with E-state index in [-0.39, 0.29) is 0 Å². The molecule has 0 aromatic heterocycles. The molecule has 1 N–H and O–H groups in total. The predicted octanol–water partition coefficient (Wildman–Crippen LogP) is 4.28. The molecule has 0 amide bonds. The van der Waals surface area contributed by atoms with E-state index >= 15 is 0 Å². The van der Waals surface area contributed by atoms with Gasteiger partial charge in [0.2, 0.25) is 6.29 Å². The number of esters is 1. The third-order valence-corrected chi connectivity index (χ3v) is 3.17. The number of hydrogen-bond donors (Lipinski definition) is 1. The van der Waals surface area contributed by atoms with Gasteiger partial charge in [0.15, 0.2) is 0 Å². The molecule has 1 heterocycles. The van der Waals surface area contributed by atoms with Crippen LogP contribution in [0.15, 0.2) is 109 Å². The normalized spacial score (nSPS) is 18.7. The fourth-order valence-corrected chi connectivity index (χ4v) is 1.96. The van der Waals surface area contributed by atoms with E-state index in [2.05, 4.69) is 16.9 Å². The summed E-state index contributed by atoms with van der Waals surface area (Å²) in [4.78, 5) is 10.9. The average molecular weight is 332 g/mol. The highest BCUT2D eigenvalue weighted by Crippen LogP contribution is 2.13. The fraction of sp³-hybridized carbons (Fsp3) is 0.0455. The number of allylic oxidation sites excluding steroid dienone is 10. The molecule has 0 radical (unpaired) electrons. The third kappa shape index (κ3) is 7.29. The lowest BCUT2D eigenvalue weighted by Gasteiger charge is -2.01. The first-order valence-electron chi connectivity index (χ1n) is 7.92. The summed E-state index contributed by atoms with van der Waals surface area (Å²) in [5.41, 5.74) is 1.62. The summed E-state index contributed by atoms with van der Waals surface area (Å²) in [6.45, 7) is 0. The van der Waals surface area contributed by atoms with Crippen molar-refractivity contribution in [2.24, 2.45) is 0 Å². The van der Waals surface area contributed by atoms with Crippen LogP contribution in [0.1, 0.15) is 5.56 Å². The fourth-order valence-electron chi connectivity index (χ4n) is 1.96. The van der Waals surface area contributed by atoms with E-state index in [9.17, 15) is 9.90 Å². The number of benzene rings is 1. The van der Waals surface area contributed by atoms with Gasteiger partial charge in [0.05, 0.1) is 0 Å². The van der Waals surface area contributed by atoms with Crippen LogP contribution in [0.5, 0.6) is 0 Å². The zero-order valence-electron chi connectivity index (χ0n) is 13.7. The molecule has 1 atom stereocenters. The minimum atomic E-state index is -1.15. The molecule has 1 unspecified atom stereocenters. The lowest BCUT2D eigenvalue weighted by Crippen LogP contribution is -2.08. The molecule has 0 saturated carbocycles. The second-order valence-electron chi connectivity index (χ2n) is 5.10. The summed E-state index contributed by atoms with van der Waals surface area (Å²) in [5, 5.41) is 9.36. The standard InChI is InChI=1S/C22H20O3/c23-21-18-20(22(24)25-21)17-13-8-6-4-2-1-3-5-7-10-14-19-15-11-9-12-16-19/h1-18,22,24H/b3-1+,4-2+,7-5+,8-6+,14-10+,17-13+. The molecule has 1 aliphatic rings. The molecule has 0 bridgehead atoms. The number of hydrogen-bond acceptors (Lipinski definition) is 3. The molecule has 3 nitrogen and oxygen atoms in total. The molecular formula is C22H20O3. The van der Waals surface area contributed by atoms with Gasteiger partial charge in [-0.15, -0.1) is 0 Å². The monoisotopic (exact) mass is 332 g/mol. The average Bonchev–Trinajstić information content (AvgIpc) is 2.94. The van der Waals surface area contributed by atoms with Gasteiger partial charge in [0.1, 0.15) is 0 Å². The van der Waals surface area contributed by atoms with Crippen LogP contribution in [0.2, 0.25) is 0 Å². The quantitative estimate of drug-likeness (QED) is 0.599. The Morgan fingerprint density at radius 3 is 1.80 bits per heavy atom. The van der Waals surface area contributed by atoms with Gasteiger partial charge in [-0.1, -0.05) is 103 Å². The molecule has 1 aromatic carbocycles. The van der Waals surface area contributed by atoms with E-state index in [1.54, 1.807) is 18.2 Å². The van der Waals surface area contributed by atoms with E-state index in [1.807, 2.05) is 72.9 Å². The Balaban J connectivity index is 1.67. The van der Waals surface area contributed by atoms with Gasteiger partial charge in [0, 0.05) is 11.6 Å². The van der Waals surface area contributed by atoms with Crippen molar-refractivity contribution in [3.63, 3.8) is 0 Å². The number of ether oxygens (including phenoxy) is 1. The van der Waals surface area contributed by atoms with Crippen molar-refractivity contribution in [1.29, 1.82) is 0 Å². The topological polar surface area (TPSA) is 46.5 Å². The maximum absolute atomic E-state index is 10.9. The first kappa shape index (κ1) is 18.2. The summed E-state index contributed by atoms with van der Waals surface area (Å²) in [6.07, 6.45) is 22.8. The van der Waals surface area contributed by atoms with Crippen LogP contribution in [0.25, 0.3) is 6.08 Å². The van der Waals surface area contributed by atoms with Gasteiger partial charge in [-0.25, -0.2) is 4.79 Å². The summed E-state index contributed by atoms with van der Waals surface area (Å²) in [6, 6.07) is 10.1. The van der Waals surface area contributed by atoms with Crippen molar-refractivity contribution in [1.82, 2.24) is 0 Å². The first-order valence-corrected chi connectivity index (χ1v) is 7.92. The summed E-state index contributed by atoms with van der Waals surface area (Å²) >= 11 is 0. The van der Waals surface area contributed by atoms with Crippen LogP contribution < -0.4 is 0 Å². The highest BCUT2D eigenvalue weighted by atomic mass is 16.6. The lowest BCUT2D eigenvalue weighted by molar-refractivity contribution is -0.150. The van der Waals surface area contributed by atoms with Crippen LogP contribution in [-0.2, 0) is 9.53 Å². The molecule has 25 heavy (non-hydrogen) atoms. The Labute approximate surface area is 148 Å². The van der Waals surface area contributed by atoms with Crippen molar-refractivity contribution >= 4 is 12.0 Å². The molecule has 3 heteroatoms. The van der Waals surface area contributed by atoms with Gasteiger partial charge < -0.3 is 9.84 Å². The highest BCUT2D eigenvalue weighted by molar-refractivity contribution is 5.86. The minimum absolute atomic E-state index is 0.451. The lowest BCUT2D eigenvalue weighted by atomic mass is 10.2. The van der Waals surface area contributed by atoms with Crippen LogP contribution in [0.3, 0.4) is 0 Å². The van der Waals surface area contributed by atoms with E-state index < -0.39 is 12.3 Å². The Bertz CT molecular complexity index is 760. The predicted molar refractivity (Wildman–Crippen MR) is 101 cm³/mol. The second-order valence-corrected chi connectivity index (χ2v) is 5.10. The molecular weight excluding hydrogens is 312 g/mol. The van der Waals surface area contributed by atoms with Crippen LogP contribution in [0, 0.1) is 0 Å². The van der Waals surface area contributed by atoms with Crippen LogP contribution in [-0.4, -0.2) is 17.4 Å². The van der Waals surface area contributed by atoms with Crippen molar-refractivity contribution in [3.8, 4) is 0 Å². The highest BCUT2D eigenvalue weighted by Gasteiger charge is 2.20. The summed E-state index contributed by atoms with van der Waals surface area (Å²) in [5.74, 6) is -0.521. The number of aliphatic hydroxyl groups excluding tert-OH is 1. The molecule has 0 spiro atoms. The number of carbonyl (C=O) groups is 1. The van der Waals surface area contributed by atoms with E-state index in [0.717, 1.165) is 0 Å². The number of cyclic esters (lactones) is 1. The van der Waals surface area contributed by atoms with Gasteiger partial charge in [-0.05, 0) is 5.56 Å². The van der Waals surface area contributed by atoms with Crippen molar-refractivity contribution < 1.29 is 14.6 Å². The van der Waals surface area contributed by atoms with Gasteiger partial charge in [0.25, 0.3) is 0 Å². The summed E-state index contributed by atoms with van der Waals surface area (Å²) < 4.78 is 4.56. The van der Waals surface area contributed by atoms with Crippen molar-refractivity contribution in [2.45, 2.75) is 6.29 Å². The minimum Gasteiger partial charge on any atom is -0.428 e. The molecule has 0 fully saturated rings.